The zero-order chi connectivity index (χ0) is 14.7. The predicted octanol–water partition coefficient (Wildman–Crippen LogP) is 3.19. The zero-order valence-electron chi connectivity index (χ0n) is 12.0. The molecule has 4 nitrogen and oxygen atoms in total. The lowest BCUT2D eigenvalue weighted by atomic mass is 10.0. The maximum absolute atomic E-state index is 11.3. The second kappa shape index (κ2) is 5.87. The Labute approximate surface area is 124 Å². The van der Waals surface area contributed by atoms with Gasteiger partial charge < -0.3 is 15.4 Å². The Bertz CT molecular complexity index is 668. The topological polar surface area (TPSA) is 50.4 Å². The van der Waals surface area contributed by atoms with E-state index in [1.54, 1.807) is 7.11 Å². The highest BCUT2D eigenvalue weighted by Crippen LogP contribution is 2.26. The number of amides is 1. The number of methoxy groups -OCH3 is 1. The standard InChI is InChI=1S/C17H18N2O2/c1-21-15-4-2-3-12(9-15)11-18-14-6-7-16-13(10-14)5-8-17(20)19-16/h2-4,6-7,9-10,18H,5,8,11H2,1H3,(H,19,20). The molecule has 2 aromatic carbocycles. The third kappa shape index (κ3) is 3.16. The van der Waals surface area contributed by atoms with Crippen molar-refractivity contribution in [2.45, 2.75) is 19.4 Å². The summed E-state index contributed by atoms with van der Waals surface area (Å²) >= 11 is 0. The van der Waals surface area contributed by atoms with Crippen LogP contribution in [0.15, 0.2) is 42.5 Å². The molecule has 4 heteroatoms. The van der Waals surface area contributed by atoms with Crippen molar-refractivity contribution >= 4 is 17.3 Å². The van der Waals surface area contributed by atoms with Crippen LogP contribution in [-0.4, -0.2) is 13.0 Å². The molecule has 0 aliphatic carbocycles. The summed E-state index contributed by atoms with van der Waals surface area (Å²) in [6.07, 6.45) is 1.36. The Morgan fingerprint density at radius 3 is 2.95 bits per heavy atom. The molecule has 0 saturated carbocycles. The van der Waals surface area contributed by atoms with E-state index < -0.39 is 0 Å². The lowest BCUT2D eigenvalue weighted by molar-refractivity contribution is -0.116. The Morgan fingerprint density at radius 1 is 1.19 bits per heavy atom. The summed E-state index contributed by atoms with van der Waals surface area (Å²) in [7, 11) is 1.67. The fraction of sp³-hybridized carbons (Fsp3) is 0.235. The molecule has 2 N–H and O–H groups in total. The third-order valence-corrected chi connectivity index (χ3v) is 3.63. The minimum absolute atomic E-state index is 0.0968. The Kier molecular flexibility index (Phi) is 3.77. The number of carbonyl (C=O) groups is 1. The largest absolute Gasteiger partial charge is 0.497 e. The van der Waals surface area contributed by atoms with Gasteiger partial charge in [0.05, 0.1) is 7.11 Å². The van der Waals surface area contributed by atoms with Crippen LogP contribution < -0.4 is 15.4 Å². The monoisotopic (exact) mass is 282 g/mol. The smallest absolute Gasteiger partial charge is 0.224 e. The van der Waals surface area contributed by atoms with Crippen molar-refractivity contribution < 1.29 is 9.53 Å². The van der Waals surface area contributed by atoms with Gasteiger partial charge in [0.1, 0.15) is 5.75 Å². The summed E-state index contributed by atoms with van der Waals surface area (Å²) in [4.78, 5) is 11.3. The van der Waals surface area contributed by atoms with Gasteiger partial charge in [-0.15, -0.1) is 0 Å². The van der Waals surface area contributed by atoms with Crippen molar-refractivity contribution in [2.75, 3.05) is 17.7 Å². The summed E-state index contributed by atoms with van der Waals surface area (Å²) < 4.78 is 5.22. The van der Waals surface area contributed by atoms with Crippen LogP contribution in [0.4, 0.5) is 11.4 Å². The fourth-order valence-corrected chi connectivity index (χ4v) is 2.48. The molecular weight excluding hydrogens is 264 g/mol. The van der Waals surface area contributed by atoms with Gasteiger partial charge in [0.25, 0.3) is 0 Å². The average molecular weight is 282 g/mol. The van der Waals surface area contributed by atoms with E-state index in [0.717, 1.165) is 30.1 Å². The van der Waals surface area contributed by atoms with Crippen molar-refractivity contribution in [3.05, 3.63) is 53.6 Å². The predicted molar refractivity (Wildman–Crippen MR) is 83.7 cm³/mol. The van der Waals surface area contributed by atoms with Gasteiger partial charge in [-0.25, -0.2) is 0 Å². The first-order valence-electron chi connectivity index (χ1n) is 7.04. The molecule has 21 heavy (non-hydrogen) atoms. The van der Waals surface area contributed by atoms with Crippen molar-refractivity contribution in [1.82, 2.24) is 0 Å². The number of aryl methyl sites for hydroxylation is 1. The van der Waals surface area contributed by atoms with Crippen molar-refractivity contribution in [3.63, 3.8) is 0 Å². The maximum atomic E-state index is 11.3. The lowest BCUT2D eigenvalue weighted by Gasteiger charge is -2.18. The van der Waals surface area contributed by atoms with E-state index >= 15 is 0 Å². The first kappa shape index (κ1) is 13.5. The molecule has 1 amide bonds. The highest BCUT2D eigenvalue weighted by atomic mass is 16.5. The summed E-state index contributed by atoms with van der Waals surface area (Å²) in [5.74, 6) is 0.960. The molecule has 1 aliphatic rings. The van der Waals surface area contributed by atoms with Crippen molar-refractivity contribution in [1.29, 1.82) is 0 Å². The van der Waals surface area contributed by atoms with Crippen LogP contribution in [0.1, 0.15) is 17.5 Å². The molecule has 0 fully saturated rings. The number of benzene rings is 2. The van der Waals surface area contributed by atoms with Crippen LogP contribution in [0.2, 0.25) is 0 Å². The van der Waals surface area contributed by atoms with E-state index in [0.29, 0.717) is 6.42 Å². The average Bonchev–Trinajstić information content (AvgIpc) is 2.53. The van der Waals surface area contributed by atoms with Gasteiger partial charge >= 0.3 is 0 Å². The van der Waals surface area contributed by atoms with Crippen LogP contribution in [-0.2, 0) is 17.8 Å². The minimum Gasteiger partial charge on any atom is -0.497 e. The quantitative estimate of drug-likeness (QED) is 0.905. The van der Waals surface area contributed by atoms with Gasteiger partial charge in [0.2, 0.25) is 5.91 Å². The molecule has 0 saturated heterocycles. The molecule has 2 aromatic rings. The molecule has 0 aromatic heterocycles. The second-order valence-corrected chi connectivity index (χ2v) is 5.13. The highest BCUT2D eigenvalue weighted by Gasteiger charge is 2.14. The molecule has 3 rings (SSSR count). The van der Waals surface area contributed by atoms with Gasteiger partial charge in [0.15, 0.2) is 0 Å². The normalized spacial score (nSPS) is 13.3. The number of carbonyl (C=O) groups excluding carboxylic acids is 1. The molecule has 0 bridgehead atoms. The number of anilines is 2. The first-order valence-corrected chi connectivity index (χ1v) is 7.04. The molecule has 0 spiro atoms. The Morgan fingerprint density at radius 2 is 2.10 bits per heavy atom. The van der Waals surface area contributed by atoms with Crippen LogP contribution in [0.5, 0.6) is 5.75 Å². The van der Waals surface area contributed by atoms with Gasteiger partial charge in [-0.1, -0.05) is 12.1 Å². The molecular formula is C17H18N2O2. The Balaban J connectivity index is 1.69. The number of rotatable bonds is 4. The van der Waals surface area contributed by atoms with Crippen LogP contribution in [0.25, 0.3) is 0 Å². The second-order valence-electron chi connectivity index (χ2n) is 5.13. The number of hydrogen-bond donors (Lipinski definition) is 2. The van der Waals surface area contributed by atoms with E-state index in [2.05, 4.69) is 22.8 Å². The van der Waals surface area contributed by atoms with Crippen LogP contribution >= 0.6 is 0 Å². The Hall–Kier alpha value is -2.49. The lowest BCUT2D eigenvalue weighted by Crippen LogP contribution is -2.18. The number of ether oxygens (including phenoxy) is 1. The maximum Gasteiger partial charge on any atom is 0.224 e. The van der Waals surface area contributed by atoms with Crippen molar-refractivity contribution in [2.24, 2.45) is 0 Å². The van der Waals surface area contributed by atoms with Gasteiger partial charge in [-0.3, -0.25) is 4.79 Å². The molecule has 0 atom stereocenters. The zero-order valence-corrected chi connectivity index (χ0v) is 12.0. The highest BCUT2D eigenvalue weighted by molar-refractivity contribution is 5.94. The summed E-state index contributed by atoms with van der Waals surface area (Å²) in [5, 5.41) is 6.30. The van der Waals surface area contributed by atoms with E-state index in [-0.39, 0.29) is 5.91 Å². The van der Waals surface area contributed by atoms with Gasteiger partial charge in [-0.2, -0.15) is 0 Å². The SMILES string of the molecule is COc1cccc(CNc2ccc3c(c2)CCC(=O)N3)c1. The van der Waals surface area contributed by atoms with E-state index in [9.17, 15) is 4.79 Å². The van der Waals surface area contributed by atoms with Crippen LogP contribution in [0.3, 0.4) is 0 Å². The summed E-state index contributed by atoms with van der Waals surface area (Å²) in [6.45, 7) is 0.738. The number of hydrogen-bond acceptors (Lipinski definition) is 3. The minimum atomic E-state index is 0.0968. The summed E-state index contributed by atoms with van der Waals surface area (Å²) in [6, 6.07) is 14.1. The molecule has 0 radical (unpaired) electrons. The van der Waals surface area contributed by atoms with Gasteiger partial charge in [0, 0.05) is 24.3 Å². The van der Waals surface area contributed by atoms with E-state index in [1.165, 1.54) is 11.1 Å². The first-order chi connectivity index (χ1) is 10.2. The molecule has 108 valence electrons. The van der Waals surface area contributed by atoms with Gasteiger partial charge in [-0.05, 0) is 47.9 Å². The number of fused-ring (bicyclic) bond motifs is 1. The van der Waals surface area contributed by atoms with E-state index in [1.807, 2.05) is 30.3 Å². The van der Waals surface area contributed by atoms with Crippen molar-refractivity contribution in [3.8, 4) is 5.75 Å². The fourth-order valence-electron chi connectivity index (χ4n) is 2.48. The number of nitrogens with one attached hydrogen (secondary N) is 2. The van der Waals surface area contributed by atoms with E-state index in [4.69, 9.17) is 4.74 Å². The molecule has 1 heterocycles. The van der Waals surface area contributed by atoms with Crippen LogP contribution in [0, 0.1) is 0 Å². The third-order valence-electron chi connectivity index (χ3n) is 3.63. The summed E-state index contributed by atoms with van der Waals surface area (Å²) in [5.41, 5.74) is 4.34. The molecule has 0 unspecified atom stereocenters. The molecule has 1 aliphatic heterocycles.